The fraction of sp³-hybridized carbons (Fsp3) is 0.0909. The molecule has 0 atom stereocenters. The molecule has 0 amide bonds. The molecule has 0 saturated carbocycles. The zero-order valence-electron chi connectivity index (χ0n) is 9.08. The van der Waals surface area contributed by atoms with Crippen LogP contribution in [0.15, 0.2) is 44.2 Å². The molecule has 0 spiro atoms. The van der Waals surface area contributed by atoms with E-state index in [0.29, 0.717) is 4.47 Å². The number of rotatable bonds is 1. The molecule has 0 aliphatic rings. The Kier molecular flexibility index (Phi) is 3.82. The number of halogens is 5. The van der Waals surface area contributed by atoms with Crippen molar-refractivity contribution in [3.63, 3.8) is 0 Å². The van der Waals surface area contributed by atoms with Crippen molar-refractivity contribution in [2.75, 3.05) is 0 Å². The lowest BCUT2D eigenvalue weighted by Gasteiger charge is -2.10. The Bertz CT molecular complexity index is 682. The molecule has 0 aliphatic heterocycles. The summed E-state index contributed by atoms with van der Waals surface area (Å²) < 4.78 is 39.3. The van der Waals surface area contributed by atoms with Crippen molar-refractivity contribution >= 4 is 31.9 Å². The van der Waals surface area contributed by atoms with E-state index in [-0.39, 0.29) is 10.2 Å². The van der Waals surface area contributed by atoms with Crippen LogP contribution in [0.25, 0.3) is 5.69 Å². The normalized spacial score (nSPS) is 11.6. The van der Waals surface area contributed by atoms with Gasteiger partial charge in [0.25, 0.3) is 5.56 Å². The first-order valence-electron chi connectivity index (χ1n) is 4.91. The highest BCUT2D eigenvalue weighted by molar-refractivity contribution is 9.13. The molecule has 100 valence electrons. The summed E-state index contributed by atoms with van der Waals surface area (Å²) >= 11 is 6.14. The van der Waals surface area contributed by atoms with Crippen molar-refractivity contribution in [1.29, 1.82) is 0 Å². The molecule has 2 rings (SSSR count). The molecule has 0 saturated heterocycles. The van der Waals surface area contributed by atoms with Crippen LogP contribution in [-0.2, 0) is 6.18 Å². The smallest absolute Gasteiger partial charge is 0.266 e. The summed E-state index contributed by atoms with van der Waals surface area (Å²) in [4.78, 5) is 11.9. The number of benzene rings is 1. The Hall–Kier alpha value is -1.15. The third kappa shape index (κ3) is 2.89. The van der Waals surface area contributed by atoms with Gasteiger partial charge >= 0.3 is 6.18 Å². The number of hydrogen-bond acceptors (Lipinski definition) is 2. The van der Waals surface area contributed by atoms with E-state index in [1.54, 1.807) is 0 Å². The van der Waals surface area contributed by atoms with E-state index >= 15 is 0 Å². The largest absolute Gasteiger partial charge is 0.416 e. The van der Waals surface area contributed by atoms with Gasteiger partial charge < -0.3 is 0 Å². The second-order valence-corrected chi connectivity index (χ2v) is 5.22. The summed E-state index contributed by atoms with van der Waals surface area (Å²) in [7, 11) is 0. The van der Waals surface area contributed by atoms with E-state index in [0.717, 1.165) is 16.8 Å². The van der Waals surface area contributed by atoms with Crippen molar-refractivity contribution in [2.45, 2.75) is 6.18 Å². The third-order valence-electron chi connectivity index (χ3n) is 2.29. The lowest BCUT2D eigenvalue weighted by Crippen LogP contribution is -2.22. The van der Waals surface area contributed by atoms with Gasteiger partial charge in [0.05, 0.1) is 21.9 Å². The van der Waals surface area contributed by atoms with E-state index in [1.807, 2.05) is 0 Å². The molecule has 0 aliphatic carbocycles. The summed E-state index contributed by atoms with van der Waals surface area (Å²) in [5.41, 5.74) is -1.33. The predicted molar refractivity (Wildman–Crippen MR) is 70.2 cm³/mol. The highest BCUT2D eigenvalue weighted by atomic mass is 79.9. The van der Waals surface area contributed by atoms with E-state index < -0.39 is 17.3 Å². The number of nitrogens with zero attached hydrogens (tertiary/aromatic N) is 2. The Morgan fingerprint density at radius 1 is 1.21 bits per heavy atom. The highest BCUT2D eigenvalue weighted by Crippen LogP contribution is 2.30. The molecule has 0 fully saturated rings. The van der Waals surface area contributed by atoms with Crippen LogP contribution >= 0.6 is 31.9 Å². The van der Waals surface area contributed by atoms with E-state index in [1.165, 1.54) is 18.3 Å². The molecule has 3 nitrogen and oxygen atoms in total. The molecule has 8 heteroatoms. The quantitative estimate of drug-likeness (QED) is 0.734. The molecular formula is C11H5Br2F3N2O. The summed E-state index contributed by atoms with van der Waals surface area (Å²) in [6.45, 7) is 0. The Balaban J connectivity index is 2.61. The second kappa shape index (κ2) is 5.09. The molecule has 2 aromatic rings. The Labute approximate surface area is 122 Å². The van der Waals surface area contributed by atoms with Crippen molar-refractivity contribution in [1.82, 2.24) is 9.78 Å². The van der Waals surface area contributed by atoms with Gasteiger partial charge in [-0.2, -0.15) is 23.0 Å². The first kappa shape index (κ1) is 14.3. The van der Waals surface area contributed by atoms with Crippen LogP contribution in [-0.4, -0.2) is 9.78 Å². The van der Waals surface area contributed by atoms with Crippen molar-refractivity contribution < 1.29 is 13.2 Å². The molecule has 0 radical (unpaired) electrons. The monoisotopic (exact) mass is 396 g/mol. The molecule has 0 unspecified atom stereocenters. The lowest BCUT2D eigenvalue weighted by atomic mass is 10.2. The zero-order valence-corrected chi connectivity index (χ0v) is 12.3. The average Bonchev–Trinajstić information content (AvgIpc) is 2.35. The number of hydrogen-bond donors (Lipinski definition) is 0. The van der Waals surface area contributed by atoms with Gasteiger partial charge in [-0.1, -0.05) is 6.07 Å². The topological polar surface area (TPSA) is 34.9 Å². The Morgan fingerprint density at radius 2 is 1.89 bits per heavy atom. The zero-order chi connectivity index (χ0) is 14.2. The molecule has 19 heavy (non-hydrogen) atoms. The van der Waals surface area contributed by atoms with E-state index in [9.17, 15) is 18.0 Å². The maximum absolute atomic E-state index is 12.6. The van der Waals surface area contributed by atoms with Crippen molar-refractivity contribution in [3.8, 4) is 5.69 Å². The maximum Gasteiger partial charge on any atom is 0.416 e. The molecular weight excluding hydrogens is 393 g/mol. The van der Waals surface area contributed by atoms with Crippen molar-refractivity contribution in [3.05, 3.63) is 55.3 Å². The minimum absolute atomic E-state index is 0.0491. The first-order chi connectivity index (χ1) is 8.80. The van der Waals surface area contributed by atoms with E-state index in [4.69, 9.17) is 0 Å². The molecule has 1 aromatic heterocycles. The van der Waals surface area contributed by atoms with Crippen LogP contribution in [0.1, 0.15) is 5.56 Å². The fourth-order valence-corrected chi connectivity index (χ4v) is 1.94. The second-order valence-electron chi connectivity index (χ2n) is 3.57. The summed E-state index contributed by atoms with van der Waals surface area (Å²) in [5.74, 6) is 0. The van der Waals surface area contributed by atoms with Crippen LogP contribution in [0, 0.1) is 0 Å². The summed E-state index contributed by atoms with van der Waals surface area (Å²) in [5, 5.41) is 3.79. The van der Waals surface area contributed by atoms with Gasteiger partial charge in [-0.3, -0.25) is 4.79 Å². The molecule has 1 heterocycles. The van der Waals surface area contributed by atoms with Gasteiger partial charge in [0.15, 0.2) is 0 Å². The van der Waals surface area contributed by atoms with Gasteiger partial charge in [-0.15, -0.1) is 0 Å². The van der Waals surface area contributed by atoms with Gasteiger partial charge in [0, 0.05) is 0 Å². The maximum atomic E-state index is 12.6. The van der Waals surface area contributed by atoms with Gasteiger partial charge in [-0.05, 0) is 50.1 Å². The summed E-state index contributed by atoms with van der Waals surface area (Å²) in [6.07, 6.45) is -3.14. The molecule has 1 aromatic carbocycles. The standard InChI is InChI=1S/C11H5Br2F3N2O/c12-8-5-17-18(10(19)9(8)13)7-3-1-2-6(4-7)11(14,15)16/h1-5H. The van der Waals surface area contributed by atoms with Gasteiger partial charge in [-0.25, -0.2) is 0 Å². The molecule has 0 bridgehead atoms. The Morgan fingerprint density at radius 3 is 2.53 bits per heavy atom. The van der Waals surface area contributed by atoms with Crippen LogP contribution < -0.4 is 5.56 Å². The highest BCUT2D eigenvalue weighted by Gasteiger charge is 2.30. The predicted octanol–water partition coefficient (Wildman–Crippen LogP) is 3.78. The molecule has 0 N–H and O–H groups in total. The third-order valence-corrected chi connectivity index (χ3v) is 4.19. The van der Waals surface area contributed by atoms with Crippen LogP contribution in [0.5, 0.6) is 0 Å². The van der Waals surface area contributed by atoms with Crippen LogP contribution in [0.3, 0.4) is 0 Å². The SMILES string of the molecule is O=c1c(Br)c(Br)cnn1-c1cccc(C(F)(F)F)c1. The van der Waals surface area contributed by atoms with Crippen LogP contribution in [0.2, 0.25) is 0 Å². The fourth-order valence-electron chi connectivity index (χ4n) is 1.41. The number of alkyl halides is 3. The number of aromatic nitrogens is 2. The minimum atomic E-state index is -4.47. The average molecular weight is 398 g/mol. The summed E-state index contributed by atoms with van der Waals surface area (Å²) in [6, 6.07) is 4.41. The van der Waals surface area contributed by atoms with E-state index in [2.05, 4.69) is 37.0 Å². The van der Waals surface area contributed by atoms with Crippen molar-refractivity contribution in [2.24, 2.45) is 0 Å². The lowest BCUT2D eigenvalue weighted by molar-refractivity contribution is -0.137. The first-order valence-corrected chi connectivity index (χ1v) is 6.50. The van der Waals surface area contributed by atoms with Crippen LogP contribution in [0.4, 0.5) is 13.2 Å². The minimum Gasteiger partial charge on any atom is -0.266 e. The van der Waals surface area contributed by atoms with Gasteiger partial charge in [0.2, 0.25) is 0 Å². The van der Waals surface area contributed by atoms with Gasteiger partial charge in [0.1, 0.15) is 4.47 Å².